The molecule has 0 saturated carbocycles. The lowest BCUT2D eigenvalue weighted by Gasteiger charge is -2.34. The normalized spacial score (nSPS) is 22.6. The number of rotatable bonds is 3. The number of aliphatic hydroxyl groups is 1. The van der Waals surface area contributed by atoms with Crippen LogP contribution in [0.3, 0.4) is 0 Å². The number of carboxylic acids is 1. The van der Waals surface area contributed by atoms with Crippen LogP contribution < -0.4 is 4.90 Å². The van der Waals surface area contributed by atoms with Gasteiger partial charge in [0.05, 0.1) is 16.6 Å². The molecule has 8 nitrogen and oxygen atoms in total. The van der Waals surface area contributed by atoms with Crippen molar-refractivity contribution in [1.29, 1.82) is 0 Å². The van der Waals surface area contributed by atoms with Gasteiger partial charge >= 0.3 is 11.7 Å². The van der Waals surface area contributed by atoms with E-state index in [1.807, 2.05) is 6.92 Å². The van der Waals surface area contributed by atoms with Gasteiger partial charge < -0.3 is 15.1 Å². The molecular weight excluding hydrogens is 266 g/mol. The molecule has 2 unspecified atom stereocenters. The van der Waals surface area contributed by atoms with Crippen molar-refractivity contribution < 1.29 is 19.9 Å². The van der Waals surface area contributed by atoms with Crippen molar-refractivity contribution in [2.45, 2.75) is 19.4 Å². The van der Waals surface area contributed by atoms with E-state index in [4.69, 9.17) is 5.11 Å². The molecular formula is C12H15N3O5. The number of aromatic carboxylic acids is 1. The monoisotopic (exact) mass is 281 g/mol. The van der Waals surface area contributed by atoms with E-state index in [1.54, 1.807) is 4.90 Å². The number of carboxylic acid groups (broad SMARTS) is 1. The zero-order chi connectivity index (χ0) is 14.9. The molecule has 1 fully saturated rings. The fourth-order valence-corrected chi connectivity index (χ4v) is 2.27. The van der Waals surface area contributed by atoms with E-state index in [-0.39, 0.29) is 23.0 Å². The molecule has 2 heterocycles. The Morgan fingerprint density at radius 2 is 2.30 bits per heavy atom. The van der Waals surface area contributed by atoms with Crippen molar-refractivity contribution in [3.05, 3.63) is 27.9 Å². The van der Waals surface area contributed by atoms with Gasteiger partial charge in [-0.05, 0) is 12.3 Å². The maximum atomic E-state index is 11.1. The zero-order valence-corrected chi connectivity index (χ0v) is 10.9. The molecule has 0 spiro atoms. The summed E-state index contributed by atoms with van der Waals surface area (Å²) in [5, 5.41) is 29.6. The van der Waals surface area contributed by atoms with Crippen LogP contribution in [0.5, 0.6) is 0 Å². The quantitative estimate of drug-likeness (QED) is 0.624. The van der Waals surface area contributed by atoms with Crippen molar-refractivity contribution in [3.8, 4) is 0 Å². The predicted octanol–water partition coefficient (Wildman–Crippen LogP) is 0.895. The highest BCUT2D eigenvalue weighted by Crippen LogP contribution is 2.30. The molecule has 1 aliphatic rings. The minimum Gasteiger partial charge on any atom is -0.478 e. The van der Waals surface area contributed by atoms with Crippen LogP contribution in [-0.4, -0.2) is 45.3 Å². The molecule has 0 aliphatic carbocycles. The minimum atomic E-state index is -1.26. The van der Waals surface area contributed by atoms with Gasteiger partial charge in [-0.3, -0.25) is 10.1 Å². The molecule has 0 radical (unpaired) electrons. The lowest BCUT2D eigenvalue weighted by atomic mass is 9.96. The number of anilines is 1. The van der Waals surface area contributed by atoms with Crippen LogP contribution in [-0.2, 0) is 0 Å². The second kappa shape index (κ2) is 5.41. The van der Waals surface area contributed by atoms with Crippen molar-refractivity contribution in [3.63, 3.8) is 0 Å². The lowest BCUT2D eigenvalue weighted by Crippen LogP contribution is -2.42. The van der Waals surface area contributed by atoms with Gasteiger partial charge in [-0.2, -0.15) is 0 Å². The van der Waals surface area contributed by atoms with Gasteiger partial charge in [-0.15, -0.1) is 0 Å². The van der Waals surface area contributed by atoms with Crippen molar-refractivity contribution >= 4 is 17.5 Å². The minimum absolute atomic E-state index is 0.0238. The number of hydrogen-bond acceptors (Lipinski definition) is 6. The van der Waals surface area contributed by atoms with Crippen LogP contribution in [0, 0.1) is 16.0 Å². The zero-order valence-electron chi connectivity index (χ0n) is 10.9. The Bertz CT molecular complexity index is 548. The lowest BCUT2D eigenvalue weighted by molar-refractivity contribution is -0.384. The van der Waals surface area contributed by atoms with Gasteiger partial charge in [0.25, 0.3) is 0 Å². The SMILES string of the molecule is CC1CN(c2ncc(C(=O)O)cc2[N+](=O)[O-])CCC1O. The molecule has 1 aromatic rings. The highest BCUT2D eigenvalue weighted by molar-refractivity contribution is 5.88. The van der Waals surface area contributed by atoms with Gasteiger partial charge in [-0.25, -0.2) is 9.78 Å². The third-order valence-corrected chi connectivity index (χ3v) is 3.45. The summed E-state index contributed by atoms with van der Waals surface area (Å²) in [6.45, 7) is 2.75. The van der Waals surface area contributed by atoms with Crippen LogP contribution in [0.15, 0.2) is 12.3 Å². The second-order valence-corrected chi connectivity index (χ2v) is 4.91. The predicted molar refractivity (Wildman–Crippen MR) is 69.9 cm³/mol. The van der Waals surface area contributed by atoms with Gasteiger partial charge in [0.2, 0.25) is 5.82 Å². The number of hydrogen-bond donors (Lipinski definition) is 2. The first-order valence-corrected chi connectivity index (χ1v) is 6.21. The Morgan fingerprint density at radius 3 is 2.85 bits per heavy atom. The standard InChI is InChI=1S/C12H15N3O5/c1-7-6-14(3-2-10(7)16)11-9(15(19)20)4-8(5-13-11)12(17)18/h4-5,7,10,16H,2-3,6H2,1H3,(H,17,18). The Balaban J connectivity index is 2.36. The first-order valence-electron chi connectivity index (χ1n) is 6.21. The third kappa shape index (κ3) is 2.69. The van der Waals surface area contributed by atoms with E-state index >= 15 is 0 Å². The molecule has 0 aromatic carbocycles. The number of aromatic nitrogens is 1. The van der Waals surface area contributed by atoms with E-state index in [9.17, 15) is 20.0 Å². The van der Waals surface area contributed by atoms with Crippen LogP contribution in [0.2, 0.25) is 0 Å². The van der Waals surface area contributed by atoms with Gasteiger partial charge in [0.1, 0.15) is 0 Å². The van der Waals surface area contributed by atoms with E-state index in [0.29, 0.717) is 19.5 Å². The topological polar surface area (TPSA) is 117 Å². The molecule has 0 bridgehead atoms. The Labute approximate surface area is 114 Å². The number of piperidine rings is 1. The van der Waals surface area contributed by atoms with Gasteiger partial charge in [0.15, 0.2) is 0 Å². The highest BCUT2D eigenvalue weighted by atomic mass is 16.6. The molecule has 0 amide bonds. The Morgan fingerprint density at radius 1 is 1.60 bits per heavy atom. The number of pyridine rings is 1. The van der Waals surface area contributed by atoms with E-state index < -0.39 is 17.0 Å². The van der Waals surface area contributed by atoms with Crippen LogP contribution >= 0.6 is 0 Å². The van der Waals surface area contributed by atoms with Gasteiger partial charge in [-0.1, -0.05) is 6.92 Å². The van der Waals surface area contributed by atoms with Crippen LogP contribution in [0.1, 0.15) is 23.7 Å². The van der Waals surface area contributed by atoms with Crippen molar-refractivity contribution in [1.82, 2.24) is 4.98 Å². The van der Waals surface area contributed by atoms with Crippen LogP contribution in [0.4, 0.5) is 11.5 Å². The molecule has 2 atom stereocenters. The first kappa shape index (κ1) is 14.2. The van der Waals surface area contributed by atoms with E-state index in [1.165, 1.54) is 0 Å². The second-order valence-electron chi connectivity index (χ2n) is 4.91. The van der Waals surface area contributed by atoms with Crippen molar-refractivity contribution in [2.75, 3.05) is 18.0 Å². The summed E-state index contributed by atoms with van der Waals surface area (Å²) in [5.74, 6) is -1.13. The number of carbonyl (C=O) groups is 1. The maximum Gasteiger partial charge on any atom is 0.337 e. The summed E-state index contributed by atoms with van der Waals surface area (Å²) < 4.78 is 0. The maximum absolute atomic E-state index is 11.1. The Hall–Kier alpha value is -2.22. The summed E-state index contributed by atoms with van der Waals surface area (Å²) in [4.78, 5) is 26.9. The molecule has 1 aliphatic heterocycles. The molecule has 20 heavy (non-hydrogen) atoms. The van der Waals surface area contributed by atoms with Crippen LogP contribution in [0.25, 0.3) is 0 Å². The largest absolute Gasteiger partial charge is 0.478 e. The highest BCUT2D eigenvalue weighted by Gasteiger charge is 2.30. The fraction of sp³-hybridized carbons (Fsp3) is 0.500. The summed E-state index contributed by atoms with van der Waals surface area (Å²) in [5.41, 5.74) is -0.543. The van der Waals surface area contributed by atoms with E-state index in [0.717, 1.165) is 12.3 Å². The molecule has 1 saturated heterocycles. The summed E-state index contributed by atoms with van der Waals surface area (Å²) in [7, 11) is 0. The number of nitro groups is 1. The molecule has 108 valence electrons. The number of nitrogens with zero attached hydrogens (tertiary/aromatic N) is 3. The average molecular weight is 281 g/mol. The molecule has 1 aromatic heterocycles. The average Bonchev–Trinajstić information content (AvgIpc) is 2.41. The molecule has 8 heteroatoms. The van der Waals surface area contributed by atoms with Gasteiger partial charge in [0, 0.05) is 25.4 Å². The van der Waals surface area contributed by atoms with Crippen molar-refractivity contribution in [2.24, 2.45) is 5.92 Å². The third-order valence-electron chi connectivity index (χ3n) is 3.45. The molecule has 2 N–H and O–H groups in total. The van der Waals surface area contributed by atoms with E-state index in [2.05, 4.69) is 4.98 Å². The Kier molecular flexibility index (Phi) is 3.84. The first-order chi connectivity index (χ1) is 9.40. The smallest absolute Gasteiger partial charge is 0.337 e. The summed E-state index contributed by atoms with van der Waals surface area (Å²) >= 11 is 0. The summed E-state index contributed by atoms with van der Waals surface area (Å²) in [6.07, 6.45) is 1.18. The summed E-state index contributed by atoms with van der Waals surface area (Å²) in [6, 6.07) is 1.01. The fourth-order valence-electron chi connectivity index (χ4n) is 2.27. The molecule has 2 rings (SSSR count). The number of aliphatic hydroxyl groups excluding tert-OH is 1.